The number of aliphatic carboxylic acids is 1. The first kappa shape index (κ1) is 14.0. The highest BCUT2D eigenvalue weighted by molar-refractivity contribution is 5.78. The summed E-state index contributed by atoms with van der Waals surface area (Å²) in [5.74, 6) is -0.976. The van der Waals surface area contributed by atoms with E-state index in [4.69, 9.17) is 5.11 Å². The third-order valence-corrected chi connectivity index (χ3v) is 3.15. The summed E-state index contributed by atoms with van der Waals surface area (Å²) in [5.41, 5.74) is 0. The molecule has 0 aliphatic heterocycles. The molecule has 5 nitrogen and oxygen atoms in total. The van der Waals surface area contributed by atoms with Crippen LogP contribution in [0.15, 0.2) is 0 Å². The van der Waals surface area contributed by atoms with Crippen LogP contribution in [-0.4, -0.2) is 36.1 Å². The minimum absolute atomic E-state index is 0.00991. The standard InChI is InChI=1S/C12H22N2O3/c1-2-6-13-11(15)8-14-10-5-3-4-9(7-10)12(16)17/h9-10,14H,2-8H2,1H3,(H,13,15)(H,16,17). The van der Waals surface area contributed by atoms with Crippen molar-refractivity contribution < 1.29 is 14.7 Å². The molecule has 0 bridgehead atoms. The van der Waals surface area contributed by atoms with Crippen LogP contribution in [0.5, 0.6) is 0 Å². The molecule has 5 heteroatoms. The highest BCUT2D eigenvalue weighted by atomic mass is 16.4. The van der Waals surface area contributed by atoms with Crippen LogP contribution in [0.2, 0.25) is 0 Å². The van der Waals surface area contributed by atoms with Crippen molar-refractivity contribution in [2.24, 2.45) is 5.92 Å². The summed E-state index contributed by atoms with van der Waals surface area (Å²) in [6, 6.07) is 0.164. The Morgan fingerprint density at radius 3 is 2.76 bits per heavy atom. The molecule has 2 unspecified atom stereocenters. The fourth-order valence-corrected chi connectivity index (χ4v) is 2.16. The molecule has 1 fully saturated rings. The van der Waals surface area contributed by atoms with Gasteiger partial charge in [0.05, 0.1) is 12.5 Å². The smallest absolute Gasteiger partial charge is 0.306 e. The van der Waals surface area contributed by atoms with Gasteiger partial charge in [-0.1, -0.05) is 13.3 Å². The number of hydrogen-bond acceptors (Lipinski definition) is 3. The van der Waals surface area contributed by atoms with Crippen LogP contribution in [0.1, 0.15) is 39.0 Å². The Kier molecular flexibility index (Phi) is 5.97. The summed E-state index contributed by atoms with van der Waals surface area (Å²) >= 11 is 0. The average molecular weight is 242 g/mol. The lowest BCUT2D eigenvalue weighted by Gasteiger charge is -2.27. The molecule has 3 N–H and O–H groups in total. The quantitative estimate of drug-likeness (QED) is 0.642. The van der Waals surface area contributed by atoms with E-state index in [-0.39, 0.29) is 24.4 Å². The first-order valence-electron chi connectivity index (χ1n) is 6.36. The molecule has 1 rings (SSSR count). The normalized spacial score (nSPS) is 24.3. The third-order valence-electron chi connectivity index (χ3n) is 3.15. The summed E-state index contributed by atoms with van der Waals surface area (Å²) in [4.78, 5) is 22.2. The number of amides is 1. The molecule has 0 saturated heterocycles. The van der Waals surface area contributed by atoms with Crippen LogP contribution in [0.3, 0.4) is 0 Å². The van der Waals surface area contributed by atoms with Gasteiger partial charge in [0.25, 0.3) is 0 Å². The summed E-state index contributed by atoms with van der Waals surface area (Å²) in [7, 11) is 0. The summed E-state index contributed by atoms with van der Waals surface area (Å²) in [6.07, 6.45) is 4.21. The molecule has 1 amide bonds. The first-order chi connectivity index (χ1) is 8.13. The highest BCUT2D eigenvalue weighted by Crippen LogP contribution is 2.24. The Morgan fingerprint density at radius 1 is 1.35 bits per heavy atom. The number of carboxylic acids is 1. The second-order valence-electron chi connectivity index (χ2n) is 4.63. The molecule has 0 radical (unpaired) electrons. The Labute approximate surface area is 102 Å². The van der Waals surface area contributed by atoms with E-state index >= 15 is 0 Å². The molecule has 1 aliphatic carbocycles. The number of carboxylic acid groups (broad SMARTS) is 1. The van der Waals surface area contributed by atoms with E-state index in [1.807, 2.05) is 6.92 Å². The maximum absolute atomic E-state index is 11.4. The molecule has 0 heterocycles. The summed E-state index contributed by atoms with van der Waals surface area (Å²) < 4.78 is 0. The lowest BCUT2D eigenvalue weighted by atomic mass is 9.86. The van der Waals surface area contributed by atoms with Crippen LogP contribution in [0.25, 0.3) is 0 Å². The Hall–Kier alpha value is -1.10. The average Bonchev–Trinajstić information content (AvgIpc) is 2.34. The monoisotopic (exact) mass is 242 g/mol. The van der Waals surface area contributed by atoms with Crippen molar-refractivity contribution in [2.45, 2.75) is 45.1 Å². The number of hydrogen-bond donors (Lipinski definition) is 3. The maximum atomic E-state index is 11.4. The van der Waals surface area contributed by atoms with Gasteiger partial charge >= 0.3 is 5.97 Å². The second kappa shape index (κ2) is 7.27. The van der Waals surface area contributed by atoms with Gasteiger partial charge in [-0.3, -0.25) is 9.59 Å². The largest absolute Gasteiger partial charge is 0.481 e. The van der Waals surface area contributed by atoms with Gasteiger partial charge in [-0.05, 0) is 25.7 Å². The molecular weight excluding hydrogens is 220 g/mol. The first-order valence-corrected chi connectivity index (χ1v) is 6.36. The van der Waals surface area contributed by atoms with Crippen molar-refractivity contribution >= 4 is 11.9 Å². The molecule has 2 atom stereocenters. The molecule has 17 heavy (non-hydrogen) atoms. The number of rotatable bonds is 6. The molecule has 0 aromatic carbocycles. The van der Waals surface area contributed by atoms with Crippen molar-refractivity contribution in [3.8, 4) is 0 Å². The molecular formula is C12H22N2O3. The topological polar surface area (TPSA) is 78.4 Å². The third kappa shape index (κ3) is 5.17. The van der Waals surface area contributed by atoms with Gasteiger partial charge in [-0.15, -0.1) is 0 Å². The minimum atomic E-state index is -0.716. The van der Waals surface area contributed by atoms with Crippen molar-refractivity contribution in [2.75, 3.05) is 13.1 Å². The van der Waals surface area contributed by atoms with Crippen molar-refractivity contribution in [3.05, 3.63) is 0 Å². The van der Waals surface area contributed by atoms with E-state index in [2.05, 4.69) is 10.6 Å². The van der Waals surface area contributed by atoms with Gasteiger partial charge in [0, 0.05) is 12.6 Å². The number of nitrogens with one attached hydrogen (secondary N) is 2. The minimum Gasteiger partial charge on any atom is -0.481 e. The molecule has 98 valence electrons. The van der Waals surface area contributed by atoms with E-state index in [9.17, 15) is 9.59 Å². The molecule has 1 aliphatic rings. The van der Waals surface area contributed by atoms with Crippen molar-refractivity contribution in [1.82, 2.24) is 10.6 Å². The number of carbonyl (C=O) groups is 2. The predicted octanol–water partition coefficient (Wildman–Crippen LogP) is 0.746. The molecule has 0 spiro atoms. The van der Waals surface area contributed by atoms with Gasteiger partial charge in [0.2, 0.25) is 5.91 Å². The molecule has 0 aromatic rings. The highest BCUT2D eigenvalue weighted by Gasteiger charge is 2.26. The fraction of sp³-hybridized carbons (Fsp3) is 0.833. The lowest BCUT2D eigenvalue weighted by molar-refractivity contribution is -0.143. The van der Waals surface area contributed by atoms with Crippen molar-refractivity contribution in [3.63, 3.8) is 0 Å². The van der Waals surface area contributed by atoms with Crippen LogP contribution < -0.4 is 10.6 Å². The maximum Gasteiger partial charge on any atom is 0.306 e. The van der Waals surface area contributed by atoms with Crippen LogP contribution in [0, 0.1) is 5.92 Å². The Balaban J connectivity index is 2.22. The second-order valence-corrected chi connectivity index (χ2v) is 4.63. The fourth-order valence-electron chi connectivity index (χ4n) is 2.16. The van der Waals surface area contributed by atoms with E-state index in [1.54, 1.807) is 0 Å². The Morgan fingerprint density at radius 2 is 2.12 bits per heavy atom. The SMILES string of the molecule is CCCNC(=O)CNC1CCCC(C(=O)O)C1. The summed E-state index contributed by atoms with van der Waals surface area (Å²) in [5, 5.41) is 14.9. The zero-order chi connectivity index (χ0) is 12.7. The van der Waals surface area contributed by atoms with Crippen LogP contribution >= 0.6 is 0 Å². The van der Waals surface area contributed by atoms with Gasteiger partial charge in [0.1, 0.15) is 0 Å². The zero-order valence-electron chi connectivity index (χ0n) is 10.4. The lowest BCUT2D eigenvalue weighted by Crippen LogP contribution is -2.42. The van der Waals surface area contributed by atoms with Gasteiger partial charge in [0.15, 0.2) is 0 Å². The predicted molar refractivity (Wildman–Crippen MR) is 64.7 cm³/mol. The zero-order valence-corrected chi connectivity index (χ0v) is 10.4. The van der Waals surface area contributed by atoms with Crippen molar-refractivity contribution in [1.29, 1.82) is 0 Å². The molecule has 0 aromatic heterocycles. The van der Waals surface area contributed by atoms with Crippen LogP contribution in [0.4, 0.5) is 0 Å². The van der Waals surface area contributed by atoms with E-state index < -0.39 is 5.97 Å². The molecule has 1 saturated carbocycles. The van der Waals surface area contributed by atoms with Gasteiger partial charge in [-0.2, -0.15) is 0 Å². The van der Waals surface area contributed by atoms with E-state index in [1.165, 1.54) is 0 Å². The van der Waals surface area contributed by atoms with Gasteiger partial charge < -0.3 is 15.7 Å². The van der Waals surface area contributed by atoms with E-state index in [0.29, 0.717) is 13.0 Å². The van der Waals surface area contributed by atoms with E-state index in [0.717, 1.165) is 25.7 Å². The number of carbonyl (C=O) groups excluding carboxylic acids is 1. The van der Waals surface area contributed by atoms with Gasteiger partial charge in [-0.25, -0.2) is 0 Å². The Bertz CT molecular complexity index is 268. The van der Waals surface area contributed by atoms with Crippen LogP contribution in [-0.2, 0) is 9.59 Å². The summed E-state index contributed by atoms with van der Waals surface area (Å²) in [6.45, 7) is 2.99.